The van der Waals surface area contributed by atoms with E-state index in [1.165, 1.54) is 14.2 Å². The third-order valence-electron chi connectivity index (χ3n) is 26.3. The van der Waals surface area contributed by atoms with Crippen molar-refractivity contribution >= 4 is 35.8 Å². The first-order chi connectivity index (χ1) is 56.0. The highest BCUT2D eigenvalue weighted by Crippen LogP contribution is 2.59. The normalized spacial score (nSPS) is 24.8. The highest BCUT2D eigenvalue weighted by atomic mass is 16.5. The molecule has 4 aromatic carbocycles. The highest BCUT2D eigenvalue weighted by molar-refractivity contribution is 5.90. The lowest BCUT2D eigenvalue weighted by Crippen LogP contribution is -2.51. The van der Waals surface area contributed by atoms with Gasteiger partial charge >= 0.3 is 12.2 Å². The molecule has 116 heavy (non-hydrogen) atoms. The number of nitrogens with zero attached hydrogens (tertiary/aromatic N) is 8. The minimum Gasteiger partial charge on any atom is -0.453 e. The third kappa shape index (κ3) is 14.2. The number of nitrogens with one attached hydrogen (secondary N) is 8. The van der Waals surface area contributed by atoms with Crippen LogP contribution in [0.1, 0.15) is 186 Å². The van der Waals surface area contributed by atoms with Gasteiger partial charge in [-0.15, -0.1) is 0 Å². The maximum atomic E-state index is 13.7. The standard InChI is InChI=1S/2C45H50N8O5/c2*1-24(2)39(52-44(56)58-4)43(55)53-16-6-8-36(53)40-47-22-34(50-40)26-11-13-30-31-14-12-27(19-33(31)45(3,57)32(30)18-26)35-23-48-41(51-35)37-28-9-10-29(17-28)38(37)42(54)49-21-25-7-5-15-46-20-25/h2*5,7,11-15,18-20,22-24,28-29,36-39,57H,6,8-10,16-17,21H2,1-4H3,(H,47,50)(H,48,51)(H,49,54)(H,52,56)/t28?,29?,36-,37?,38+,39-,45+;28?,29?,36-,37?,38+,39-,45-/m00/s1. The largest absolute Gasteiger partial charge is 0.453 e. The van der Waals surface area contributed by atoms with Crippen LogP contribution in [0, 0.1) is 47.3 Å². The number of benzene rings is 4. The molecule has 0 radical (unpaired) electrons. The Balaban J connectivity index is 0.000000167. The number of aliphatic hydroxyl groups is 2. The van der Waals surface area contributed by atoms with Gasteiger partial charge in [0.2, 0.25) is 23.6 Å². The number of ether oxygens (including phenoxy) is 2. The summed E-state index contributed by atoms with van der Waals surface area (Å²) in [6.07, 6.45) is 22.6. The Morgan fingerprint density at radius 2 is 0.802 bits per heavy atom. The number of alkyl carbamates (subject to hydrolysis) is 2. The van der Waals surface area contributed by atoms with Crippen LogP contribution < -0.4 is 21.3 Å². The van der Waals surface area contributed by atoms with Crippen molar-refractivity contribution in [1.29, 1.82) is 0 Å². The van der Waals surface area contributed by atoms with Crippen LogP contribution in [-0.2, 0) is 52.9 Å². The van der Waals surface area contributed by atoms with Crippen LogP contribution in [0.3, 0.4) is 0 Å². The lowest BCUT2D eigenvalue weighted by Gasteiger charge is -2.30. The van der Waals surface area contributed by atoms with Gasteiger partial charge in [0.05, 0.1) is 85.7 Å². The van der Waals surface area contributed by atoms with Crippen molar-refractivity contribution < 1.29 is 48.5 Å². The van der Waals surface area contributed by atoms with E-state index in [2.05, 4.69) is 75.4 Å². The van der Waals surface area contributed by atoms with Crippen LogP contribution in [0.5, 0.6) is 0 Å². The Morgan fingerprint density at radius 1 is 0.466 bits per heavy atom. The molecule has 26 heteroatoms. The number of imidazole rings is 4. The number of H-pyrrole nitrogens is 4. The molecule has 26 nitrogen and oxygen atoms in total. The Hall–Kier alpha value is -11.6. The second-order valence-corrected chi connectivity index (χ2v) is 33.9. The van der Waals surface area contributed by atoms with E-state index in [0.29, 0.717) is 61.5 Å². The second-order valence-electron chi connectivity index (χ2n) is 33.9. The molecule has 4 saturated carbocycles. The fourth-order valence-electron chi connectivity index (χ4n) is 20.4. The SMILES string of the molecule is COC(=O)N[C@H](C(=O)N1CCC[C@H]1c1ncc(-c2ccc3c(c2)[C@@](C)(O)c2cc(-c4cnc(C5C6CCC(C6)[C@H]5C(=O)NCc5cccnc5)[nH]4)ccc2-3)[nH]1)C(C)C.COC(=O)N[C@H](C(=O)N1CCC[C@H]1c1ncc(-c2ccc3c(c2)[C@](C)(O)c2cc(-c4cnc(C5C6CCC(C6)[C@H]5C(=O)NCc5cccnc5)[nH]4)ccc2-3)[nH]1)C(C)C. The molecule has 18 rings (SSSR count). The molecule has 600 valence electrons. The Kier molecular flexibility index (Phi) is 20.7. The van der Waals surface area contributed by atoms with Crippen LogP contribution in [0.25, 0.3) is 67.3 Å². The summed E-state index contributed by atoms with van der Waals surface area (Å²) >= 11 is 0. The summed E-state index contributed by atoms with van der Waals surface area (Å²) in [6, 6.07) is 30.3. The van der Waals surface area contributed by atoms with Gasteiger partial charge in [0.25, 0.3) is 0 Å². The van der Waals surface area contributed by atoms with E-state index in [9.17, 15) is 39.0 Å². The zero-order valence-corrected chi connectivity index (χ0v) is 66.6. The Bertz CT molecular complexity index is 5070. The van der Waals surface area contributed by atoms with Crippen LogP contribution in [0.2, 0.25) is 0 Å². The molecule has 6 fully saturated rings. The molecule has 14 atom stereocenters. The average Bonchev–Trinajstić information content (AvgIpc) is 1.58. The zero-order valence-electron chi connectivity index (χ0n) is 66.6. The Labute approximate surface area is 673 Å². The second kappa shape index (κ2) is 31.2. The van der Waals surface area contributed by atoms with Gasteiger partial charge in [0.1, 0.15) is 46.6 Å². The first-order valence-corrected chi connectivity index (χ1v) is 40.9. The summed E-state index contributed by atoms with van der Waals surface area (Å²) in [5, 5.41) is 36.1. The molecule has 2 saturated heterocycles. The molecule has 0 spiro atoms. The molecule has 6 aromatic heterocycles. The van der Waals surface area contributed by atoms with Crippen LogP contribution in [0.4, 0.5) is 9.59 Å². The number of amides is 6. The number of aromatic amines is 4. The van der Waals surface area contributed by atoms with Crippen LogP contribution >= 0.6 is 0 Å². The summed E-state index contributed by atoms with van der Waals surface area (Å²) in [5.41, 5.74) is 13.4. The van der Waals surface area contributed by atoms with Gasteiger partial charge in [0.15, 0.2) is 0 Å². The van der Waals surface area contributed by atoms with Crippen LogP contribution in [-0.4, -0.2) is 145 Å². The van der Waals surface area contributed by atoms with Gasteiger partial charge in [-0.05, 0) is 228 Å². The number of hydrogen-bond donors (Lipinski definition) is 10. The van der Waals surface area contributed by atoms with Gasteiger partial charge in [-0.2, -0.15) is 0 Å². The van der Waals surface area contributed by atoms with E-state index in [-0.39, 0.29) is 71.2 Å². The van der Waals surface area contributed by atoms with Crippen molar-refractivity contribution in [1.82, 2.24) is 80.9 Å². The molecule has 4 bridgehead atoms. The van der Waals surface area contributed by atoms with Gasteiger partial charge in [0, 0.05) is 62.8 Å². The van der Waals surface area contributed by atoms with Crippen molar-refractivity contribution in [3.8, 4) is 67.3 Å². The van der Waals surface area contributed by atoms with E-state index >= 15 is 0 Å². The van der Waals surface area contributed by atoms with Gasteiger partial charge in [-0.3, -0.25) is 29.1 Å². The van der Waals surface area contributed by atoms with Crippen molar-refractivity contribution in [2.45, 2.75) is 166 Å². The molecule has 2 aliphatic heterocycles. The number of methoxy groups -OCH3 is 2. The van der Waals surface area contributed by atoms with Gasteiger partial charge < -0.3 is 70.7 Å². The van der Waals surface area contributed by atoms with E-state index in [4.69, 9.17) is 29.4 Å². The molecule has 6 aliphatic carbocycles. The van der Waals surface area contributed by atoms with Crippen LogP contribution in [0.15, 0.2) is 147 Å². The first-order valence-electron chi connectivity index (χ1n) is 40.9. The smallest absolute Gasteiger partial charge is 0.407 e. The summed E-state index contributed by atoms with van der Waals surface area (Å²) in [4.78, 5) is 124. The molecule has 8 aliphatic rings. The number of aromatic nitrogens is 10. The molecular formula is C90H100N16O10. The van der Waals surface area contributed by atoms with Crippen molar-refractivity contribution in [3.05, 3.63) is 203 Å². The van der Waals surface area contributed by atoms with E-state index in [1.807, 2.05) is 127 Å². The minimum atomic E-state index is -1.27. The third-order valence-corrected chi connectivity index (χ3v) is 26.3. The summed E-state index contributed by atoms with van der Waals surface area (Å²) in [6.45, 7) is 13.3. The number of pyridine rings is 2. The number of carbonyl (C=O) groups is 6. The quantitative estimate of drug-likeness (QED) is 0.0339. The molecule has 8 heterocycles. The lowest BCUT2D eigenvalue weighted by atomic mass is 9.78. The molecule has 10 N–H and O–H groups in total. The van der Waals surface area contributed by atoms with Crippen molar-refractivity contribution in [2.24, 2.45) is 47.3 Å². The molecular weight excluding hydrogens is 1470 g/mol. The average molecular weight is 1570 g/mol. The van der Waals surface area contributed by atoms with Crippen molar-refractivity contribution in [3.63, 3.8) is 0 Å². The van der Waals surface area contributed by atoms with E-state index in [1.54, 1.807) is 47.0 Å². The number of rotatable bonds is 20. The number of carbonyl (C=O) groups excluding carboxylic acids is 6. The molecule has 6 amide bonds. The molecule has 10 aromatic rings. The molecule has 6 unspecified atom stereocenters. The van der Waals surface area contributed by atoms with E-state index in [0.717, 1.165) is 177 Å². The summed E-state index contributed by atoms with van der Waals surface area (Å²) < 4.78 is 9.56. The van der Waals surface area contributed by atoms with E-state index < -0.39 is 35.5 Å². The zero-order chi connectivity index (χ0) is 80.6. The summed E-state index contributed by atoms with van der Waals surface area (Å²) in [7, 11) is 2.58. The number of fused-ring (bicyclic) bond motifs is 10. The lowest BCUT2D eigenvalue weighted by molar-refractivity contribution is -0.136. The topological polar surface area (TPSA) is 356 Å². The number of likely N-dealkylation sites (tertiary alicyclic amines) is 2. The maximum absolute atomic E-state index is 13.7. The Morgan fingerprint density at radius 3 is 1.13 bits per heavy atom. The van der Waals surface area contributed by atoms with Gasteiger partial charge in [-0.1, -0.05) is 88.4 Å². The minimum absolute atomic E-state index is 0.0300. The maximum Gasteiger partial charge on any atom is 0.407 e. The predicted molar refractivity (Wildman–Crippen MR) is 433 cm³/mol. The van der Waals surface area contributed by atoms with Crippen molar-refractivity contribution in [2.75, 3.05) is 27.3 Å². The number of hydrogen-bond acceptors (Lipinski definition) is 16. The highest BCUT2D eigenvalue weighted by Gasteiger charge is 2.54. The van der Waals surface area contributed by atoms with Gasteiger partial charge in [-0.25, -0.2) is 29.5 Å². The monoisotopic (exact) mass is 1560 g/mol. The fraction of sp³-hybridized carbons (Fsp3) is 0.422. The summed E-state index contributed by atoms with van der Waals surface area (Å²) in [5.74, 6) is 4.00. The fourth-order valence-corrected chi connectivity index (χ4v) is 20.4. The first kappa shape index (κ1) is 77.0. The predicted octanol–water partition coefficient (Wildman–Crippen LogP) is 13.2.